The third kappa shape index (κ3) is 3.83. The van der Waals surface area contributed by atoms with E-state index in [-0.39, 0.29) is 11.5 Å². The molecule has 0 spiro atoms. The van der Waals surface area contributed by atoms with Gasteiger partial charge < -0.3 is 4.42 Å². The Labute approximate surface area is 146 Å². The van der Waals surface area contributed by atoms with Crippen LogP contribution in [0.3, 0.4) is 0 Å². The number of thiophene rings is 1. The lowest BCUT2D eigenvalue weighted by atomic mass is 10.2. The summed E-state index contributed by atoms with van der Waals surface area (Å²) in [4.78, 5) is 14.4. The molecule has 2 heterocycles. The van der Waals surface area contributed by atoms with Crippen LogP contribution >= 0.6 is 34.7 Å². The summed E-state index contributed by atoms with van der Waals surface area (Å²) in [6.45, 7) is 3.96. The van der Waals surface area contributed by atoms with Crippen LogP contribution in [0.4, 0.5) is 0 Å². The lowest BCUT2D eigenvalue weighted by Gasteiger charge is -1.97. The summed E-state index contributed by atoms with van der Waals surface area (Å²) in [5, 5.41) is 9.00. The Bertz CT molecular complexity index is 840. The van der Waals surface area contributed by atoms with Gasteiger partial charge in [-0.15, -0.1) is 21.5 Å². The molecular formula is C16H13ClN2O2S2. The number of nitrogens with zero attached hydrogens (tertiary/aromatic N) is 2. The van der Waals surface area contributed by atoms with E-state index in [9.17, 15) is 4.79 Å². The van der Waals surface area contributed by atoms with Crippen molar-refractivity contribution in [3.63, 3.8) is 0 Å². The summed E-state index contributed by atoms with van der Waals surface area (Å²) in [5.41, 5.74) is 1.57. The minimum absolute atomic E-state index is 0.0723. The maximum absolute atomic E-state index is 12.2. The molecule has 0 fully saturated rings. The molecule has 0 radical (unpaired) electrons. The molecule has 0 amide bonds. The van der Waals surface area contributed by atoms with E-state index in [0.717, 1.165) is 20.9 Å². The third-order valence-electron chi connectivity index (χ3n) is 3.17. The van der Waals surface area contributed by atoms with E-state index in [4.69, 9.17) is 16.0 Å². The predicted octanol–water partition coefficient (Wildman–Crippen LogP) is 5.04. The van der Waals surface area contributed by atoms with Crippen LogP contribution < -0.4 is 0 Å². The molecule has 3 rings (SSSR count). The molecule has 0 N–H and O–H groups in total. The van der Waals surface area contributed by atoms with Crippen LogP contribution in [0.1, 0.15) is 20.1 Å². The molecule has 0 aliphatic heterocycles. The van der Waals surface area contributed by atoms with Crippen LogP contribution in [-0.4, -0.2) is 21.7 Å². The SMILES string of the molecule is Cc1cc(C(=O)CSc2nnc(-c3ccc(Cl)cc3)o2)c(C)s1. The Balaban J connectivity index is 1.66. The van der Waals surface area contributed by atoms with Gasteiger partial charge in [-0.25, -0.2) is 0 Å². The number of Topliss-reactive ketones (excluding diaryl/α,β-unsaturated/α-hetero) is 1. The Morgan fingerprint density at radius 1 is 1.26 bits per heavy atom. The van der Waals surface area contributed by atoms with Crippen molar-refractivity contribution in [1.29, 1.82) is 0 Å². The predicted molar refractivity (Wildman–Crippen MR) is 93.6 cm³/mol. The standard InChI is InChI=1S/C16H13ClN2O2S2/c1-9-7-13(10(2)23-9)14(20)8-22-16-19-18-15(21-16)11-3-5-12(17)6-4-11/h3-7H,8H2,1-2H3. The molecule has 1 aromatic carbocycles. The van der Waals surface area contributed by atoms with E-state index in [2.05, 4.69) is 10.2 Å². The Morgan fingerprint density at radius 3 is 2.65 bits per heavy atom. The Hall–Kier alpha value is -1.63. The van der Waals surface area contributed by atoms with Crippen LogP contribution in [-0.2, 0) is 0 Å². The molecule has 23 heavy (non-hydrogen) atoms. The first-order chi connectivity index (χ1) is 11.0. The fourth-order valence-corrected chi connectivity index (χ4v) is 3.80. The molecule has 0 aliphatic rings. The number of benzene rings is 1. The summed E-state index contributed by atoms with van der Waals surface area (Å²) in [6.07, 6.45) is 0. The number of hydrogen-bond donors (Lipinski definition) is 0. The number of carbonyl (C=O) groups is 1. The van der Waals surface area contributed by atoms with E-state index in [1.165, 1.54) is 11.8 Å². The third-order valence-corrected chi connectivity index (χ3v) is 5.20. The minimum atomic E-state index is 0.0723. The van der Waals surface area contributed by atoms with Crippen LogP contribution in [0.2, 0.25) is 5.02 Å². The van der Waals surface area contributed by atoms with Crippen LogP contribution in [0.5, 0.6) is 0 Å². The topological polar surface area (TPSA) is 56.0 Å². The van der Waals surface area contributed by atoms with Crippen LogP contribution in [0.15, 0.2) is 40.0 Å². The highest BCUT2D eigenvalue weighted by Crippen LogP contribution is 2.26. The molecule has 7 heteroatoms. The Morgan fingerprint density at radius 2 is 2.00 bits per heavy atom. The van der Waals surface area contributed by atoms with Crippen molar-refractivity contribution in [2.75, 3.05) is 5.75 Å². The highest BCUT2D eigenvalue weighted by atomic mass is 35.5. The van der Waals surface area contributed by atoms with Gasteiger partial charge in [0.25, 0.3) is 5.22 Å². The van der Waals surface area contributed by atoms with Crippen molar-refractivity contribution >= 4 is 40.5 Å². The maximum Gasteiger partial charge on any atom is 0.277 e. The number of hydrogen-bond acceptors (Lipinski definition) is 6. The normalized spacial score (nSPS) is 10.9. The minimum Gasteiger partial charge on any atom is -0.411 e. The Kier molecular flexibility index (Phi) is 4.84. The molecule has 118 valence electrons. The summed E-state index contributed by atoms with van der Waals surface area (Å²) >= 11 is 8.73. The highest BCUT2D eigenvalue weighted by molar-refractivity contribution is 7.99. The van der Waals surface area contributed by atoms with Gasteiger partial charge in [0, 0.05) is 25.9 Å². The number of thioether (sulfide) groups is 1. The fourth-order valence-electron chi connectivity index (χ4n) is 2.09. The molecule has 2 aromatic heterocycles. The quantitative estimate of drug-likeness (QED) is 0.468. The molecule has 4 nitrogen and oxygen atoms in total. The molecule has 0 unspecified atom stereocenters. The monoisotopic (exact) mass is 364 g/mol. The van der Waals surface area contributed by atoms with E-state index >= 15 is 0 Å². The van der Waals surface area contributed by atoms with Crippen molar-refractivity contribution in [1.82, 2.24) is 10.2 Å². The number of aromatic nitrogens is 2. The first kappa shape index (κ1) is 16.2. The number of aryl methyl sites for hydroxylation is 2. The second-order valence-corrected chi connectivity index (χ2v) is 7.74. The first-order valence-corrected chi connectivity index (χ1v) is 9.03. The second-order valence-electron chi connectivity index (χ2n) is 4.92. The lowest BCUT2D eigenvalue weighted by molar-refractivity contribution is 0.102. The van der Waals surface area contributed by atoms with Crippen molar-refractivity contribution in [3.8, 4) is 11.5 Å². The van der Waals surface area contributed by atoms with E-state index in [0.29, 0.717) is 16.1 Å². The average molecular weight is 365 g/mol. The van der Waals surface area contributed by atoms with Gasteiger partial charge in [-0.2, -0.15) is 0 Å². The maximum atomic E-state index is 12.2. The van der Waals surface area contributed by atoms with Gasteiger partial charge in [0.1, 0.15) is 0 Å². The van der Waals surface area contributed by atoms with Gasteiger partial charge in [0.2, 0.25) is 5.89 Å². The highest BCUT2D eigenvalue weighted by Gasteiger charge is 2.15. The fraction of sp³-hybridized carbons (Fsp3) is 0.188. The molecule has 0 aliphatic carbocycles. The van der Waals surface area contributed by atoms with E-state index in [1.807, 2.05) is 32.0 Å². The lowest BCUT2D eigenvalue weighted by Crippen LogP contribution is -2.02. The summed E-state index contributed by atoms with van der Waals surface area (Å²) in [6, 6.07) is 9.08. The van der Waals surface area contributed by atoms with Crippen molar-refractivity contribution in [2.24, 2.45) is 0 Å². The van der Waals surface area contributed by atoms with Gasteiger partial charge in [-0.05, 0) is 44.2 Å². The number of carbonyl (C=O) groups excluding carboxylic acids is 1. The van der Waals surface area contributed by atoms with Crippen molar-refractivity contribution in [2.45, 2.75) is 19.1 Å². The number of rotatable bonds is 5. The zero-order valence-electron chi connectivity index (χ0n) is 12.5. The molecule has 0 bridgehead atoms. The van der Waals surface area contributed by atoms with Crippen molar-refractivity contribution < 1.29 is 9.21 Å². The van der Waals surface area contributed by atoms with Gasteiger partial charge in [0.15, 0.2) is 5.78 Å². The second kappa shape index (κ2) is 6.86. The van der Waals surface area contributed by atoms with Crippen LogP contribution in [0.25, 0.3) is 11.5 Å². The van der Waals surface area contributed by atoms with Gasteiger partial charge in [-0.3, -0.25) is 4.79 Å². The molecule has 0 saturated heterocycles. The molecular weight excluding hydrogens is 352 g/mol. The molecule has 0 saturated carbocycles. The summed E-state index contributed by atoms with van der Waals surface area (Å²) in [7, 11) is 0. The smallest absolute Gasteiger partial charge is 0.277 e. The van der Waals surface area contributed by atoms with E-state index < -0.39 is 0 Å². The first-order valence-electron chi connectivity index (χ1n) is 6.85. The summed E-state index contributed by atoms with van der Waals surface area (Å²) < 4.78 is 5.58. The number of halogens is 1. The zero-order valence-corrected chi connectivity index (χ0v) is 14.9. The van der Waals surface area contributed by atoms with Crippen molar-refractivity contribution in [3.05, 3.63) is 50.7 Å². The molecule has 0 atom stereocenters. The van der Waals surface area contributed by atoms with Crippen LogP contribution in [0, 0.1) is 13.8 Å². The largest absolute Gasteiger partial charge is 0.411 e. The number of ketones is 1. The van der Waals surface area contributed by atoms with Gasteiger partial charge in [-0.1, -0.05) is 23.4 Å². The van der Waals surface area contributed by atoms with Gasteiger partial charge in [0.05, 0.1) is 5.75 Å². The van der Waals surface area contributed by atoms with Gasteiger partial charge >= 0.3 is 0 Å². The average Bonchev–Trinajstić information content (AvgIpc) is 3.12. The molecule has 3 aromatic rings. The zero-order chi connectivity index (χ0) is 16.4. The summed E-state index contributed by atoms with van der Waals surface area (Å²) in [5.74, 6) is 0.765. The van der Waals surface area contributed by atoms with E-state index in [1.54, 1.807) is 23.5 Å².